The smallest absolute Gasteiger partial charge is 0.119 e. The maximum absolute atomic E-state index is 9.36. The molecule has 1 saturated carbocycles. The van der Waals surface area contributed by atoms with Gasteiger partial charge in [0, 0.05) is 18.2 Å². The van der Waals surface area contributed by atoms with Gasteiger partial charge in [0.25, 0.3) is 0 Å². The standard InChI is InChI=1S/C12H17NO3/c1-7(13-9-4-12(16)5-9)8-2-10(14)6-11(15)3-8/h2-3,6-7,9,12-16H,4-5H2,1H3. The lowest BCUT2D eigenvalue weighted by Gasteiger charge is -2.34. The monoisotopic (exact) mass is 223 g/mol. The molecule has 1 aliphatic rings. The first-order valence-electron chi connectivity index (χ1n) is 5.51. The van der Waals surface area contributed by atoms with Crippen LogP contribution in [0.1, 0.15) is 31.4 Å². The number of aromatic hydroxyl groups is 2. The summed E-state index contributed by atoms with van der Waals surface area (Å²) in [6.45, 7) is 1.97. The third kappa shape index (κ3) is 2.46. The number of phenols is 2. The number of phenolic OH excluding ortho intramolecular Hbond substituents is 2. The summed E-state index contributed by atoms with van der Waals surface area (Å²) in [5.74, 6) is 0.134. The number of hydrogen-bond acceptors (Lipinski definition) is 4. The van der Waals surface area contributed by atoms with Crippen molar-refractivity contribution in [1.29, 1.82) is 0 Å². The lowest BCUT2D eigenvalue weighted by atomic mass is 9.88. The molecular weight excluding hydrogens is 206 g/mol. The molecule has 4 N–H and O–H groups in total. The fourth-order valence-corrected chi connectivity index (χ4v) is 2.04. The summed E-state index contributed by atoms with van der Waals surface area (Å²) in [6.07, 6.45) is 1.37. The van der Waals surface area contributed by atoms with E-state index in [0.29, 0.717) is 6.04 Å². The largest absolute Gasteiger partial charge is 0.508 e. The zero-order chi connectivity index (χ0) is 11.7. The lowest BCUT2D eigenvalue weighted by molar-refractivity contribution is 0.0585. The van der Waals surface area contributed by atoms with Crippen LogP contribution in [0.3, 0.4) is 0 Å². The van der Waals surface area contributed by atoms with Gasteiger partial charge in [-0.25, -0.2) is 0 Å². The highest BCUT2D eigenvalue weighted by atomic mass is 16.3. The van der Waals surface area contributed by atoms with Gasteiger partial charge in [0.2, 0.25) is 0 Å². The van der Waals surface area contributed by atoms with Gasteiger partial charge < -0.3 is 20.6 Å². The lowest BCUT2D eigenvalue weighted by Crippen LogP contribution is -2.44. The van der Waals surface area contributed by atoms with Crippen LogP contribution in [0, 0.1) is 0 Å². The van der Waals surface area contributed by atoms with E-state index in [1.54, 1.807) is 12.1 Å². The van der Waals surface area contributed by atoms with Crippen LogP contribution < -0.4 is 5.32 Å². The van der Waals surface area contributed by atoms with Crippen molar-refractivity contribution in [2.75, 3.05) is 0 Å². The highest BCUT2D eigenvalue weighted by Gasteiger charge is 2.28. The fraction of sp³-hybridized carbons (Fsp3) is 0.500. The van der Waals surface area contributed by atoms with E-state index in [1.165, 1.54) is 6.07 Å². The number of aliphatic hydroxyl groups excluding tert-OH is 1. The molecule has 4 nitrogen and oxygen atoms in total. The van der Waals surface area contributed by atoms with Crippen LogP contribution in [0.5, 0.6) is 11.5 Å². The van der Waals surface area contributed by atoms with Gasteiger partial charge >= 0.3 is 0 Å². The van der Waals surface area contributed by atoms with E-state index in [1.807, 2.05) is 6.92 Å². The van der Waals surface area contributed by atoms with Crippen molar-refractivity contribution in [2.45, 2.75) is 38.0 Å². The van der Waals surface area contributed by atoms with Gasteiger partial charge in [-0.3, -0.25) is 0 Å². The zero-order valence-electron chi connectivity index (χ0n) is 9.22. The van der Waals surface area contributed by atoms with Crippen LogP contribution in [0.2, 0.25) is 0 Å². The summed E-state index contributed by atoms with van der Waals surface area (Å²) < 4.78 is 0. The topological polar surface area (TPSA) is 72.7 Å². The third-order valence-electron chi connectivity index (χ3n) is 3.02. The van der Waals surface area contributed by atoms with Crippen LogP contribution in [0.4, 0.5) is 0 Å². The Kier molecular flexibility index (Phi) is 3.03. The van der Waals surface area contributed by atoms with E-state index in [0.717, 1.165) is 18.4 Å². The van der Waals surface area contributed by atoms with E-state index >= 15 is 0 Å². The molecule has 0 bridgehead atoms. The Bertz CT molecular complexity index is 354. The van der Waals surface area contributed by atoms with Crippen molar-refractivity contribution in [3.63, 3.8) is 0 Å². The molecule has 0 aromatic heterocycles. The van der Waals surface area contributed by atoms with Crippen molar-refractivity contribution < 1.29 is 15.3 Å². The minimum atomic E-state index is -0.178. The van der Waals surface area contributed by atoms with Crippen LogP contribution in [-0.4, -0.2) is 27.5 Å². The van der Waals surface area contributed by atoms with Gasteiger partial charge in [-0.15, -0.1) is 0 Å². The van der Waals surface area contributed by atoms with Crippen LogP contribution in [0.25, 0.3) is 0 Å². The van der Waals surface area contributed by atoms with Crippen LogP contribution >= 0.6 is 0 Å². The van der Waals surface area contributed by atoms with Gasteiger partial charge in [-0.1, -0.05) is 0 Å². The Balaban J connectivity index is 2.00. The molecule has 1 unspecified atom stereocenters. The normalized spacial score (nSPS) is 26.1. The predicted molar refractivity (Wildman–Crippen MR) is 60.4 cm³/mol. The SMILES string of the molecule is CC(NC1CC(O)C1)c1cc(O)cc(O)c1. The number of rotatable bonds is 3. The minimum absolute atomic E-state index is 0.0514. The summed E-state index contributed by atoms with van der Waals surface area (Å²) in [7, 11) is 0. The Morgan fingerprint density at radius 2 is 1.75 bits per heavy atom. The molecule has 16 heavy (non-hydrogen) atoms. The van der Waals surface area contributed by atoms with E-state index in [2.05, 4.69) is 5.32 Å². The molecule has 0 saturated heterocycles. The average Bonchev–Trinajstić information content (AvgIpc) is 2.13. The summed E-state index contributed by atoms with van der Waals surface area (Å²) in [5, 5.41) is 31.2. The molecule has 1 aromatic carbocycles. The molecule has 0 heterocycles. The van der Waals surface area contributed by atoms with Crippen LogP contribution in [-0.2, 0) is 0 Å². The van der Waals surface area contributed by atoms with Gasteiger partial charge in [-0.2, -0.15) is 0 Å². The maximum Gasteiger partial charge on any atom is 0.119 e. The molecule has 0 radical (unpaired) electrons. The Hall–Kier alpha value is -1.26. The number of benzene rings is 1. The Morgan fingerprint density at radius 3 is 2.25 bits per heavy atom. The number of nitrogens with one attached hydrogen (secondary N) is 1. The van der Waals surface area contributed by atoms with Crippen molar-refractivity contribution in [2.24, 2.45) is 0 Å². The van der Waals surface area contributed by atoms with E-state index in [9.17, 15) is 15.3 Å². The molecule has 0 aliphatic heterocycles. The minimum Gasteiger partial charge on any atom is -0.508 e. The van der Waals surface area contributed by atoms with Crippen molar-refractivity contribution in [1.82, 2.24) is 5.32 Å². The van der Waals surface area contributed by atoms with Crippen molar-refractivity contribution in [3.8, 4) is 11.5 Å². The first-order chi connectivity index (χ1) is 7.54. The van der Waals surface area contributed by atoms with E-state index < -0.39 is 0 Å². The third-order valence-corrected chi connectivity index (χ3v) is 3.02. The Labute approximate surface area is 94.5 Å². The predicted octanol–water partition coefficient (Wildman–Crippen LogP) is 1.27. The molecular formula is C12H17NO3. The molecule has 0 amide bonds. The van der Waals surface area contributed by atoms with Crippen molar-refractivity contribution >= 4 is 0 Å². The second-order valence-corrected chi connectivity index (χ2v) is 4.49. The summed E-state index contributed by atoms with van der Waals surface area (Å²) in [5.41, 5.74) is 0.846. The molecule has 88 valence electrons. The van der Waals surface area contributed by atoms with E-state index in [-0.39, 0.29) is 23.6 Å². The van der Waals surface area contributed by atoms with Crippen LogP contribution in [0.15, 0.2) is 18.2 Å². The quantitative estimate of drug-likeness (QED) is 0.622. The first-order valence-corrected chi connectivity index (χ1v) is 5.51. The number of hydrogen-bond donors (Lipinski definition) is 4. The second kappa shape index (κ2) is 4.31. The zero-order valence-corrected chi connectivity index (χ0v) is 9.22. The molecule has 4 heteroatoms. The van der Waals surface area contributed by atoms with Gasteiger partial charge in [0.15, 0.2) is 0 Å². The summed E-state index contributed by atoms with van der Waals surface area (Å²) >= 11 is 0. The van der Waals surface area contributed by atoms with Crippen molar-refractivity contribution in [3.05, 3.63) is 23.8 Å². The average molecular weight is 223 g/mol. The molecule has 1 aliphatic carbocycles. The van der Waals surface area contributed by atoms with Gasteiger partial charge in [-0.05, 0) is 37.5 Å². The number of aliphatic hydroxyl groups is 1. The first kappa shape index (κ1) is 11.2. The highest BCUT2D eigenvalue weighted by Crippen LogP contribution is 2.27. The van der Waals surface area contributed by atoms with Gasteiger partial charge in [0.1, 0.15) is 11.5 Å². The second-order valence-electron chi connectivity index (χ2n) is 4.49. The summed E-state index contributed by atoms with van der Waals surface area (Å²) in [4.78, 5) is 0. The molecule has 0 spiro atoms. The molecule has 1 fully saturated rings. The maximum atomic E-state index is 9.36. The molecule has 2 rings (SSSR count). The van der Waals surface area contributed by atoms with E-state index in [4.69, 9.17) is 0 Å². The summed E-state index contributed by atoms with van der Waals surface area (Å²) in [6, 6.07) is 4.95. The Morgan fingerprint density at radius 1 is 1.19 bits per heavy atom. The highest BCUT2D eigenvalue weighted by molar-refractivity contribution is 5.38. The fourth-order valence-electron chi connectivity index (χ4n) is 2.04. The molecule has 1 atom stereocenters. The van der Waals surface area contributed by atoms with Gasteiger partial charge in [0.05, 0.1) is 6.10 Å². The molecule has 1 aromatic rings.